The van der Waals surface area contributed by atoms with E-state index in [-0.39, 0.29) is 12.5 Å². The van der Waals surface area contributed by atoms with Gasteiger partial charge in [0.2, 0.25) is 0 Å². The number of nitrogens with two attached hydrogens (primary N) is 1. The van der Waals surface area contributed by atoms with Crippen molar-refractivity contribution in [1.82, 2.24) is 15.6 Å². The highest BCUT2D eigenvalue weighted by Gasteiger charge is 2.28. The molecule has 0 spiro atoms. The number of nitrogen functional groups attached to an aromatic ring is 1. The lowest BCUT2D eigenvalue weighted by atomic mass is 10.2. The van der Waals surface area contributed by atoms with Crippen LogP contribution < -0.4 is 21.4 Å². The molecule has 1 heterocycles. The molecule has 148 valence electrons. The Morgan fingerprint density at radius 1 is 1.11 bits per heavy atom. The second kappa shape index (κ2) is 9.16. The summed E-state index contributed by atoms with van der Waals surface area (Å²) < 4.78 is 0.741. The van der Waals surface area contributed by atoms with Gasteiger partial charge in [0.15, 0.2) is 0 Å². The van der Waals surface area contributed by atoms with E-state index in [2.05, 4.69) is 26.6 Å². The van der Waals surface area contributed by atoms with Gasteiger partial charge in [0.05, 0.1) is 15.2 Å². The van der Waals surface area contributed by atoms with Crippen molar-refractivity contribution in [2.24, 2.45) is 0 Å². The molecule has 2 aromatic rings. The molecule has 7 nitrogen and oxygen atoms in total. The maximum Gasteiger partial charge on any atom is 0.315 e. The number of carbonyl (C=O) groups excluding carboxylic acids is 2. The number of carbonyl (C=O) groups is 2. The Kier molecular flexibility index (Phi) is 6.64. The van der Waals surface area contributed by atoms with Crippen LogP contribution in [0.25, 0.3) is 0 Å². The van der Waals surface area contributed by atoms with Crippen molar-refractivity contribution in [1.29, 1.82) is 0 Å². The minimum Gasteiger partial charge on any atom is -0.399 e. The van der Waals surface area contributed by atoms with E-state index in [9.17, 15) is 9.59 Å². The number of rotatable bonds is 5. The molecule has 0 aromatic heterocycles. The van der Waals surface area contributed by atoms with Gasteiger partial charge in [-0.2, -0.15) is 0 Å². The van der Waals surface area contributed by atoms with Crippen LogP contribution in [0.2, 0.25) is 5.02 Å². The number of halogens is 2. The predicted octanol–water partition coefficient (Wildman–Crippen LogP) is 3.14. The van der Waals surface area contributed by atoms with Crippen molar-refractivity contribution in [3.63, 3.8) is 0 Å². The molecule has 0 bridgehead atoms. The molecule has 4 N–H and O–H groups in total. The number of nitrogens with zero attached hydrogens (tertiary/aromatic N) is 2. The summed E-state index contributed by atoms with van der Waals surface area (Å²) in [6.45, 7) is 1.55. The number of nitrogens with one attached hydrogen (secondary N) is 2. The molecular formula is C19H21BrClN5O2. The molecule has 9 heteroatoms. The summed E-state index contributed by atoms with van der Waals surface area (Å²) in [6, 6.07) is 12.3. The Bertz CT molecular complexity index is 862. The summed E-state index contributed by atoms with van der Waals surface area (Å²) in [5.41, 5.74) is 8.05. The summed E-state index contributed by atoms with van der Waals surface area (Å²) in [5, 5.41) is 9.43. The molecule has 1 fully saturated rings. The van der Waals surface area contributed by atoms with Crippen molar-refractivity contribution < 1.29 is 9.59 Å². The second-order valence-corrected chi connectivity index (χ2v) is 7.54. The number of amides is 3. The number of hydrogen-bond acceptors (Lipinski definition) is 4. The van der Waals surface area contributed by atoms with Crippen molar-refractivity contribution in [2.45, 2.75) is 13.0 Å². The van der Waals surface area contributed by atoms with Gasteiger partial charge in [-0.3, -0.25) is 14.8 Å². The van der Waals surface area contributed by atoms with Gasteiger partial charge in [-0.1, -0.05) is 29.8 Å². The van der Waals surface area contributed by atoms with Crippen LogP contribution in [0.3, 0.4) is 0 Å². The van der Waals surface area contributed by atoms with Gasteiger partial charge in [0.25, 0.3) is 5.91 Å². The highest BCUT2D eigenvalue weighted by molar-refractivity contribution is 9.10. The van der Waals surface area contributed by atoms with Gasteiger partial charge in [-0.25, -0.2) is 4.79 Å². The first-order chi connectivity index (χ1) is 13.5. The molecule has 0 aliphatic carbocycles. The summed E-state index contributed by atoms with van der Waals surface area (Å²) in [6.07, 6.45) is 0.841. The van der Waals surface area contributed by atoms with Crippen LogP contribution in [0.5, 0.6) is 0 Å². The average molecular weight is 467 g/mol. The van der Waals surface area contributed by atoms with Gasteiger partial charge >= 0.3 is 6.03 Å². The first kappa shape index (κ1) is 20.3. The molecule has 1 aliphatic heterocycles. The number of anilines is 2. The lowest BCUT2D eigenvalue weighted by Gasteiger charge is -2.30. The van der Waals surface area contributed by atoms with Crippen LogP contribution in [0.15, 0.2) is 46.9 Å². The quantitative estimate of drug-likeness (QED) is 0.591. The monoisotopic (exact) mass is 465 g/mol. The Balaban J connectivity index is 1.52. The smallest absolute Gasteiger partial charge is 0.315 e. The highest BCUT2D eigenvalue weighted by Crippen LogP contribution is 2.35. The molecule has 3 rings (SSSR count). The van der Waals surface area contributed by atoms with Crippen LogP contribution in [0.1, 0.15) is 12.0 Å². The third-order valence-corrected chi connectivity index (χ3v) is 5.74. The Morgan fingerprint density at radius 3 is 2.61 bits per heavy atom. The first-order valence-electron chi connectivity index (χ1n) is 8.83. The Morgan fingerprint density at radius 2 is 1.86 bits per heavy atom. The van der Waals surface area contributed by atoms with E-state index >= 15 is 0 Å². The maximum absolute atomic E-state index is 12.6. The van der Waals surface area contributed by atoms with E-state index in [1.807, 2.05) is 29.3 Å². The number of urea groups is 1. The summed E-state index contributed by atoms with van der Waals surface area (Å²) in [4.78, 5) is 24.6. The number of hydrogen-bond donors (Lipinski definition) is 3. The zero-order valence-corrected chi connectivity index (χ0v) is 17.5. The first-order valence-corrected chi connectivity index (χ1v) is 10.0. The van der Waals surface area contributed by atoms with Crippen molar-refractivity contribution in [3.05, 3.63) is 57.5 Å². The van der Waals surface area contributed by atoms with Crippen LogP contribution in [-0.2, 0) is 11.3 Å². The van der Waals surface area contributed by atoms with E-state index in [1.165, 1.54) is 0 Å². The standard InChI is InChI=1S/C19H21BrClN5O2/c20-18-15(21)3-1-4-16(18)25-9-2-10-26(25)17(27)12-24-19(28)23-11-13-5-7-14(22)8-6-13/h1,3-8H,2,9-12,22H2,(H2,23,24,28). The molecule has 0 unspecified atom stereocenters. The molecule has 0 radical (unpaired) electrons. The van der Waals surface area contributed by atoms with Crippen molar-refractivity contribution in [3.8, 4) is 0 Å². The minimum atomic E-state index is -0.403. The normalized spacial score (nSPS) is 13.5. The van der Waals surface area contributed by atoms with E-state index < -0.39 is 6.03 Å². The fourth-order valence-electron chi connectivity index (χ4n) is 2.94. The third kappa shape index (κ3) is 4.88. The fourth-order valence-corrected chi connectivity index (χ4v) is 3.58. The van der Waals surface area contributed by atoms with Gasteiger partial charge < -0.3 is 16.4 Å². The predicted molar refractivity (Wildman–Crippen MR) is 114 cm³/mol. The number of benzene rings is 2. The van der Waals surface area contributed by atoms with Gasteiger partial charge in [0, 0.05) is 25.3 Å². The molecule has 2 aromatic carbocycles. The van der Waals surface area contributed by atoms with Crippen LogP contribution in [0, 0.1) is 0 Å². The second-order valence-electron chi connectivity index (χ2n) is 6.34. The lowest BCUT2D eigenvalue weighted by Crippen LogP contribution is -2.48. The Hall–Kier alpha value is -2.45. The lowest BCUT2D eigenvalue weighted by molar-refractivity contribution is -0.129. The van der Waals surface area contributed by atoms with Gasteiger partial charge in [-0.05, 0) is 52.2 Å². The minimum absolute atomic E-state index is 0.0950. The average Bonchev–Trinajstić information content (AvgIpc) is 3.17. The fraction of sp³-hybridized carbons (Fsp3) is 0.263. The number of hydrazine groups is 1. The summed E-state index contributed by atoms with van der Waals surface area (Å²) in [7, 11) is 0. The van der Waals surface area contributed by atoms with Crippen LogP contribution >= 0.6 is 27.5 Å². The van der Waals surface area contributed by atoms with Gasteiger partial charge in [0.1, 0.15) is 6.54 Å². The zero-order valence-electron chi connectivity index (χ0n) is 15.1. The molecule has 3 amide bonds. The zero-order chi connectivity index (χ0) is 20.1. The highest BCUT2D eigenvalue weighted by atomic mass is 79.9. The maximum atomic E-state index is 12.6. The molecule has 1 saturated heterocycles. The molecule has 0 saturated carbocycles. The molecule has 0 atom stereocenters. The van der Waals surface area contributed by atoms with Gasteiger partial charge in [-0.15, -0.1) is 0 Å². The van der Waals surface area contributed by atoms with Crippen molar-refractivity contribution in [2.75, 3.05) is 30.4 Å². The summed E-state index contributed by atoms with van der Waals surface area (Å²) >= 11 is 9.64. The third-order valence-electron chi connectivity index (χ3n) is 4.36. The molecular weight excluding hydrogens is 446 g/mol. The van der Waals surface area contributed by atoms with E-state index in [1.54, 1.807) is 23.2 Å². The van der Waals surface area contributed by atoms with E-state index in [0.717, 1.165) is 22.1 Å². The molecule has 28 heavy (non-hydrogen) atoms. The van der Waals surface area contributed by atoms with E-state index in [0.29, 0.717) is 30.3 Å². The van der Waals surface area contributed by atoms with Crippen LogP contribution in [0.4, 0.5) is 16.2 Å². The van der Waals surface area contributed by atoms with E-state index in [4.69, 9.17) is 17.3 Å². The van der Waals surface area contributed by atoms with Crippen molar-refractivity contribution >= 4 is 50.8 Å². The summed E-state index contributed by atoms with van der Waals surface area (Å²) in [5.74, 6) is -0.188. The molecule has 1 aliphatic rings. The van der Waals surface area contributed by atoms with Crippen LogP contribution in [-0.4, -0.2) is 36.6 Å². The SMILES string of the molecule is Nc1ccc(CNC(=O)NCC(=O)N2CCCN2c2cccc(Cl)c2Br)cc1. The Labute approximate surface area is 176 Å². The largest absolute Gasteiger partial charge is 0.399 e. The topological polar surface area (TPSA) is 90.7 Å².